The zero-order valence-electron chi connectivity index (χ0n) is 12.5. The van der Waals surface area contributed by atoms with E-state index in [-0.39, 0.29) is 13.0 Å². The predicted molar refractivity (Wildman–Crippen MR) is 73.7 cm³/mol. The van der Waals surface area contributed by atoms with Crippen LogP contribution in [0.3, 0.4) is 0 Å². The molecule has 0 heterocycles. The molecule has 7 nitrogen and oxygen atoms in total. The van der Waals surface area contributed by atoms with E-state index >= 15 is 0 Å². The van der Waals surface area contributed by atoms with E-state index in [2.05, 4.69) is 9.46 Å². The molecule has 0 aliphatic rings. The van der Waals surface area contributed by atoms with Gasteiger partial charge in [0.2, 0.25) is 10.0 Å². The highest BCUT2D eigenvalue weighted by atomic mass is 32.2. The third kappa shape index (κ3) is 5.09. The average molecular weight is 309 g/mol. The molecule has 0 spiro atoms. The quantitative estimate of drug-likeness (QED) is 0.640. The first kappa shape index (κ1) is 18.9. The van der Waals surface area contributed by atoms with Crippen molar-refractivity contribution in [3.8, 4) is 0 Å². The highest BCUT2D eigenvalue weighted by Crippen LogP contribution is 2.31. The van der Waals surface area contributed by atoms with Gasteiger partial charge >= 0.3 is 11.9 Å². The first-order valence-electron chi connectivity index (χ1n) is 6.26. The first-order valence-corrected chi connectivity index (χ1v) is 7.91. The fourth-order valence-electron chi connectivity index (χ4n) is 1.29. The summed E-state index contributed by atoms with van der Waals surface area (Å²) in [5.74, 6) is -2.16. The van der Waals surface area contributed by atoms with Gasteiger partial charge in [-0.1, -0.05) is 0 Å². The lowest BCUT2D eigenvalue weighted by Gasteiger charge is -2.38. The molecule has 0 bridgehead atoms. The zero-order chi connectivity index (χ0) is 16.2. The van der Waals surface area contributed by atoms with Gasteiger partial charge in [-0.15, -0.1) is 0 Å². The summed E-state index contributed by atoms with van der Waals surface area (Å²) in [5.41, 5.74) is -2.50. The highest BCUT2D eigenvalue weighted by molar-refractivity contribution is 7.89. The van der Waals surface area contributed by atoms with Gasteiger partial charge in [0.05, 0.1) is 24.2 Å². The second-order valence-corrected chi connectivity index (χ2v) is 7.37. The zero-order valence-corrected chi connectivity index (χ0v) is 13.3. The van der Waals surface area contributed by atoms with Gasteiger partial charge in [-0.2, -0.15) is 0 Å². The summed E-state index contributed by atoms with van der Waals surface area (Å²) in [4.78, 5) is 22.3. The van der Waals surface area contributed by atoms with Crippen LogP contribution in [0.4, 0.5) is 0 Å². The SMILES string of the molecule is CCOC(=O)CCS(=O)(=O)NC(C)(C)C(C)(C)C(=O)O. The number of aliphatic carboxylic acids is 1. The Morgan fingerprint density at radius 1 is 1.20 bits per heavy atom. The molecular formula is C12H23NO6S. The molecule has 0 fully saturated rings. The molecule has 0 aliphatic heterocycles. The van der Waals surface area contributed by atoms with E-state index in [0.717, 1.165) is 0 Å². The summed E-state index contributed by atoms with van der Waals surface area (Å²) in [6.45, 7) is 7.66. The number of carboxylic acids is 1. The van der Waals surface area contributed by atoms with E-state index in [9.17, 15) is 18.0 Å². The first-order chi connectivity index (χ1) is 8.85. The van der Waals surface area contributed by atoms with E-state index in [1.54, 1.807) is 6.92 Å². The van der Waals surface area contributed by atoms with Crippen LogP contribution < -0.4 is 4.72 Å². The summed E-state index contributed by atoms with van der Waals surface area (Å²) >= 11 is 0. The molecule has 0 aromatic rings. The minimum Gasteiger partial charge on any atom is -0.481 e. The fraction of sp³-hybridized carbons (Fsp3) is 0.833. The summed E-state index contributed by atoms with van der Waals surface area (Å²) < 4.78 is 30.8. The minimum absolute atomic E-state index is 0.184. The molecule has 0 saturated carbocycles. The molecule has 20 heavy (non-hydrogen) atoms. The summed E-state index contributed by atoms with van der Waals surface area (Å²) in [6, 6.07) is 0. The van der Waals surface area contributed by atoms with Crippen molar-refractivity contribution in [2.45, 2.75) is 46.6 Å². The van der Waals surface area contributed by atoms with Gasteiger partial charge in [-0.25, -0.2) is 13.1 Å². The number of hydrogen-bond acceptors (Lipinski definition) is 5. The van der Waals surface area contributed by atoms with Crippen LogP contribution in [0.25, 0.3) is 0 Å². The molecule has 118 valence electrons. The molecule has 0 amide bonds. The Kier molecular flexibility index (Phi) is 6.16. The Hall–Kier alpha value is -1.15. The Balaban J connectivity index is 4.84. The van der Waals surface area contributed by atoms with Crippen LogP contribution in [0.5, 0.6) is 0 Å². The second kappa shape index (κ2) is 6.53. The topological polar surface area (TPSA) is 110 Å². The molecule has 0 radical (unpaired) electrons. The molecule has 0 rings (SSSR count). The molecule has 8 heteroatoms. The van der Waals surface area contributed by atoms with Crippen molar-refractivity contribution in [3.63, 3.8) is 0 Å². The van der Waals surface area contributed by atoms with Crippen molar-refractivity contribution in [2.24, 2.45) is 5.41 Å². The van der Waals surface area contributed by atoms with E-state index in [4.69, 9.17) is 5.11 Å². The number of rotatable bonds is 8. The van der Waals surface area contributed by atoms with Gasteiger partial charge < -0.3 is 9.84 Å². The number of esters is 1. The summed E-state index contributed by atoms with van der Waals surface area (Å²) in [5, 5.41) is 9.15. The van der Waals surface area contributed by atoms with Gasteiger partial charge in [0, 0.05) is 5.54 Å². The van der Waals surface area contributed by atoms with E-state index < -0.39 is 38.7 Å². The lowest BCUT2D eigenvalue weighted by Crippen LogP contribution is -2.57. The van der Waals surface area contributed by atoms with Crippen LogP contribution in [0.2, 0.25) is 0 Å². The van der Waals surface area contributed by atoms with Gasteiger partial charge in [0.1, 0.15) is 0 Å². The van der Waals surface area contributed by atoms with Crippen molar-refractivity contribution >= 4 is 22.0 Å². The van der Waals surface area contributed by atoms with E-state index in [0.29, 0.717) is 0 Å². The van der Waals surface area contributed by atoms with Crippen molar-refractivity contribution in [3.05, 3.63) is 0 Å². The maximum Gasteiger partial charge on any atom is 0.310 e. The maximum atomic E-state index is 11.9. The lowest BCUT2D eigenvalue weighted by atomic mass is 9.75. The van der Waals surface area contributed by atoms with Crippen molar-refractivity contribution in [2.75, 3.05) is 12.4 Å². The molecule has 0 saturated heterocycles. The molecule has 0 aromatic carbocycles. The third-order valence-corrected chi connectivity index (χ3v) is 4.95. The fourth-order valence-corrected chi connectivity index (χ4v) is 2.86. The Bertz CT molecular complexity index is 466. The number of carbonyl (C=O) groups is 2. The highest BCUT2D eigenvalue weighted by Gasteiger charge is 2.45. The molecule has 0 atom stereocenters. The number of nitrogens with one attached hydrogen (secondary N) is 1. The third-order valence-electron chi connectivity index (χ3n) is 3.39. The number of sulfonamides is 1. The van der Waals surface area contributed by atoms with Crippen molar-refractivity contribution in [1.29, 1.82) is 0 Å². The van der Waals surface area contributed by atoms with Crippen LogP contribution in [0.1, 0.15) is 41.0 Å². The van der Waals surface area contributed by atoms with Crippen LogP contribution in [-0.4, -0.2) is 43.4 Å². The predicted octanol–water partition coefficient (Wildman–Crippen LogP) is 0.748. The van der Waals surface area contributed by atoms with Crippen LogP contribution in [0.15, 0.2) is 0 Å². The Morgan fingerprint density at radius 2 is 1.70 bits per heavy atom. The van der Waals surface area contributed by atoms with Gasteiger partial charge in [0.15, 0.2) is 0 Å². The number of carboxylic acid groups (broad SMARTS) is 1. The van der Waals surface area contributed by atoms with Crippen molar-refractivity contribution < 1.29 is 27.9 Å². The summed E-state index contributed by atoms with van der Waals surface area (Å²) in [7, 11) is -3.78. The van der Waals surface area contributed by atoms with E-state index in [1.807, 2.05) is 0 Å². The minimum atomic E-state index is -3.78. The Labute approximate surface area is 119 Å². The Morgan fingerprint density at radius 3 is 2.10 bits per heavy atom. The lowest BCUT2D eigenvalue weighted by molar-refractivity contribution is -0.150. The molecule has 0 unspecified atom stereocenters. The smallest absolute Gasteiger partial charge is 0.310 e. The van der Waals surface area contributed by atoms with Crippen LogP contribution in [-0.2, 0) is 24.3 Å². The van der Waals surface area contributed by atoms with Crippen LogP contribution in [0, 0.1) is 5.41 Å². The monoisotopic (exact) mass is 309 g/mol. The number of hydrogen-bond donors (Lipinski definition) is 2. The maximum absolute atomic E-state index is 11.9. The van der Waals surface area contributed by atoms with Gasteiger partial charge in [0.25, 0.3) is 0 Å². The number of ether oxygens (including phenoxy) is 1. The number of carbonyl (C=O) groups excluding carboxylic acids is 1. The van der Waals surface area contributed by atoms with Crippen LogP contribution >= 0.6 is 0 Å². The normalized spacial score (nSPS) is 13.1. The molecular weight excluding hydrogens is 286 g/mol. The standard InChI is InChI=1S/C12H23NO6S/c1-6-19-9(14)7-8-20(17,18)13-12(4,5)11(2,3)10(15)16/h13H,6-8H2,1-5H3,(H,15,16). The molecule has 0 aromatic heterocycles. The van der Waals surface area contributed by atoms with Gasteiger partial charge in [-0.05, 0) is 34.6 Å². The largest absolute Gasteiger partial charge is 0.481 e. The average Bonchev–Trinajstić information content (AvgIpc) is 2.25. The molecule has 2 N–H and O–H groups in total. The second-order valence-electron chi connectivity index (χ2n) is 5.53. The van der Waals surface area contributed by atoms with E-state index in [1.165, 1.54) is 27.7 Å². The summed E-state index contributed by atoms with van der Waals surface area (Å²) in [6.07, 6.45) is -0.271. The molecule has 0 aliphatic carbocycles. The van der Waals surface area contributed by atoms with Gasteiger partial charge in [-0.3, -0.25) is 9.59 Å². The van der Waals surface area contributed by atoms with Crippen molar-refractivity contribution in [1.82, 2.24) is 4.72 Å².